The summed E-state index contributed by atoms with van der Waals surface area (Å²) in [5, 5.41) is 0. The molecule has 0 spiro atoms. The number of imidazole rings is 1. The van der Waals surface area contributed by atoms with Crippen molar-refractivity contribution >= 4 is 0 Å². The van der Waals surface area contributed by atoms with Crippen LogP contribution < -0.4 is 15.2 Å². The van der Waals surface area contributed by atoms with Gasteiger partial charge in [0, 0.05) is 12.1 Å². The van der Waals surface area contributed by atoms with E-state index in [2.05, 4.69) is 14.5 Å². The molecule has 0 saturated carbocycles. The second-order valence-corrected chi connectivity index (χ2v) is 4.50. The highest BCUT2D eigenvalue weighted by Crippen LogP contribution is 2.42. The molecular weight excluding hydrogens is 268 g/mol. The molecule has 5 nitrogen and oxygen atoms in total. The van der Waals surface area contributed by atoms with Crippen LogP contribution in [0.4, 0.5) is 8.78 Å². The largest absolute Gasteiger partial charge is 0.586 e. The Balaban J connectivity index is 2.00. The lowest BCUT2D eigenvalue weighted by Gasteiger charge is -2.13. The number of hydrogen-bond donors (Lipinski definition) is 1. The molecule has 106 valence electrons. The lowest BCUT2D eigenvalue weighted by molar-refractivity contribution is -0.286. The highest BCUT2D eigenvalue weighted by Gasteiger charge is 2.43. The third-order valence-electron chi connectivity index (χ3n) is 3.15. The van der Waals surface area contributed by atoms with E-state index in [1.165, 1.54) is 12.1 Å². The van der Waals surface area contributed by atoms with Crippen molar-refractivity contribution in [3.8, 4) is 17.2 Å². The zero-order valence-electron chi connectivity index (χ0n) is 10.7. The summed E-state index contributed by atoms with van der Waals surface area (Å²) < 4.78 is 36.5. The van der Waals surface area contributed by atoms with Crippen LogP contribution in [0.5, 0.6) is 11.5 Å². The Bertz CT molecular complexity index is 642. The molecule has 0 saturated heterocycles. The molecule has 7 heteroatoms. The smallest absolute Gasteiger partial charge is 0.395 e. The molecule has 0 radical (unpaired) electrons. The Morgan fingerprint density at radius 2 is 2.10 bits per heavy atom. The van der Waals surface area contributed by atoms with Crippen molar-refractivity contribution in [2.24, 2.45) is 5.73 Å². The first-order valence-corrected chi connectivity index (χ1v) is 6.18. The van der Waals surface area contributed by atoms with E-state index in [0.29, 0.717) is 5.69 Å². The summed E-state index contributed by atoms with van der Waals surface area (Å²) in [6.07, 6.45) is 0.376. The van der Waals surface area contributed by atoms with E-state index < -0.39 is 6.29 Å². The monoisotopic (exact) mass is 281 g/mol. The molecule has 2 N–H and O–H groups in total. The lowest BCUT2D eigenvalue weighted by Crippen LogP contribution is -2.25. The number of ether oxygens (including phenoxy) is 2. The van der Waals surface area contributed by atoms with Crippen LogP contribution in [-0.2, 0) is 0 Å². The summed E-state index contributed by atoms with van der Waals surface area (Å²) >= 11 is 0. The molecule has 1 aromatic heterocycles. The third kappa shape index (κ3) is 2.09. The van der Waals surface area contributed by atoms with Gasteiger partial charge in [0.15, 0.2) is 11.5 Å². The second kappa shape index (κ2) is 4.45. The van der Waals surface area contributed by atoms with Crippen LogP contribution in [0, 0.1) is 0 Å². The molecule has 0 aliphatic carbocycles. The van der Waals surface area contributed by atoms with E-state index in [1.807, 2.05) is 6.92 Å². The fraction of sp³-hybridized carbons (Fsp3) is 0.308. The van der Waals surface area contributed by atoms with Crippen LogP contribution in [0.15, 0.2) is 30.7 Å². The minimum Gasteiger partial charge on any atom is -0.395 e. The van der Waals surface area contributed by atoms with Gasteiger partial charge in [-0.05, 0) is 18.6 Å². The number of hydrogen-bond acceptors (Lipinski definition) is 4. The van der Waals surface area contributed by atoms with Crippen molar-refractivity contribution in [1.29, 1.82) is 0 Å². The molecule has 0 bridgehead atoms. The van der Waals surface area contributed by atoms with Gasteiger partial charge in [-0.2, -0.15) is 0 Å². The van der Waals surface area contributed by atoms with Gasteiger partial charge in [-0.25, -0.2) is 4.98 Å². The summed E-state index contributed by atoms with van der Waals surface area (Å²) in [5.41, 5.74) is 7.44. The van der Waals surface area contributed by atoms with Crippen molar-refractivity contribution < 1.29 is 18.3 Å². The molecule has 2 aromatic rings. The molecule has 0 fully saturated rings. The normalized spacial score (nSPS) is 17.2. The quantitative estimate of drug-likeness (QED) is 0.939. The average molecular weight is 281 g/mol. The van der Waals surface area contributed by atoms with Crippen LogP contribution in [0.1, 0.15) is 25.1 Å². The molecule has 0 unspecified atom stereocenters. The molecule has 1 aliphatic heterocycles. The fourth-order valence-corrected chi connectivity index (χ4v) is 2.09. The maximum atomic E-state index is 13.0. The Morgan fingerprint density at radius 3 is 2.85 bits per heavy atom. The zero-order chi connectivity index (χ0) is 14.3. The van der Waals surface area contributed by atoms with Crippen molar-refractivity contribution in [1.82, 2.24) is 9.55 Å². The van der Waals surface area contributed by atoms with Crippen molar-refractivity contribution in [2.75, 3.05) is 0 Å². The van der Waals surface area contributed by atoms with Gasteiger partial charge >= 0.3 is 6.29 Å². The first-order chi connectivity index (χ1) is 9.50. The number of halogens is 2. The maximum Gasteiger partial charge on any atom is 0.586 e. The van der Waals surface area contributed by atoms with E-state index >= 15 is 0 Å². The number of nitrogens with zero attached hydrogens (tertiary/aromatic N) is 2. The molecule has 3 rings (SSSR count). The topological polar surface area (TPSA) is 62.3 Å². The number of alkyl halides is 2. The number of nitrogens with two attached hydrogens (primary N) is 1. The Kier molecular flexibility index (Phi) is 2.86. The van der Waals surface area contributed by atoms with E-state index in [0.717, 1.165) is 12.1 Å². The molecular formula is C13H13F2N3O2. The fourth-order valence-electron chi connectivity index (χ4n) is 2.09. The first-order valence-electron chi connectivity index (χ1n) is 6.18. The highest BCUT2D eigenvalue weighted by molar-refractivity contribution is 5.51. The Hall–Kier alpha value is -2.15. The Morgan fingerprint density at radius 1 is 1.35 bits per heavy atom. The van der Waals surface area contributed by atoms with Crippen molar-refractivity contribution in [2.45, 2.75) is 25.7 Å². The minimum atomic E-state index is -3.61. The summed E-state index contributed by atoms with van der Waals surface area (Å²) in [4.78, 5) is 4.05. The highest BCUT2D eigenvalue weighted by atomic mass is 19.3. The zero-order valence-corrected chi connectivity index (χ0v) is 10.7. The van der Waals surface area contributed by atoms with Gasteiger partial charge in [-0.3, -0.25) is 0 Å². The molecule has 1 atom stereocenters. The van der Waals surface area contributed by atoms with E-state index in [4.69, 9.17) is 5.73 Å². The summed E-state index contributed by atoms with van der Waals surface area (Å²) in [6.45, 7) is 1.96. The van der Waals surface area contributed by atoms with Crippen LogP contribution in [-0.4, -0.2) is 15.8 Å². The molecule has 1 aromatic carbocycles. The number of rotatable bonds is 3. The van der Waals surface area contributed by atoms with E-state index in [1.54, 1.807) is 23.2 Å². The van der Waals surface area contributed by atoms with E-state index in [-0.39, 0.29) is 17.5 Å². The molecule has 0 amide bonds. The predicted molar refractivity (Wildman–Crippen MR) is 67.0 cm³/mol. The Labute approximate surface area is 113 Å². The minimum absolute atomic E-state index is 0.00257. The maximum absolute atomic E-state index is 13.0. The van der Waals surface area contributed by atoms with Gasteiger partial charge in [0.05, 0.1) is 23.9 Å². The number of aromatic nitrogens is 2. The van der Waals surface area contributed by atoms with Crippen molar-refractivity contribution in [3.05, 3.63) is 36.4 Å². The van der Waals surface area contributed by atoms with Gasteiger partial charge in [0.2, 0.25) is 0 Å². The summed E-state index contributed by atoms with van der Waals surface area (Å²) in [7, 11) is 0. The predicted octanol–water partition coefficient (Wildman–Crippen LogP) is 2.60. The number of fused-ring (bicyclic) bond motifs is 1. The van der Waals surface area contributed by atoms with Crippen LogP contribution in [0.25, 0.3) is 5.69 Å². The van der Waals surface area contributed by atoms with Crippen LogP contribution in [0.2, 0.25) is 0 Å². The summed E-state index contributed by atoms with van der Waals surface area (Å²) in [6, 6.07) is 4.39. The number of benzene rings is 1. The van der Waals surface area contributed by atoms with Gasteiger partial charge in [0.1, 0.15) is 0 Å². The average Bonchev–Trinajstić information content (AvgIpc) is 2.98. The first kappa shape index (κ1) is 12.9. The van der Waals surface area contributed by atoms with Gasteiger partial charge < -0.3 is 19.8 Å². The van der Waals surface area contributed by atoms with Gasteiger partial charge in [-0.15, -0.1) is 8.78 Å². The van der Waals surface area contributed by atoms with Crippen LogP contribution >= 0.6 is 0 Å². The standard InChI is InChI=1S/C13H13F2N3O2/c1-2-9(16)10-6-17-7-18(10)8-3-4-11-12(5-8)20-13(14,15)19-11/h3-7,9H,2,16H2,1H3/t9-/m1/s1. The van der Waals surface area contributed by atoms with Crippen LogP contribution in [0.3, 0.4) is 0 Å². The molecule has 20 heavy (non-hydrogen) atoms. The van der Waals surface area contributed by atoms with Crippen molar-refractivity contribution in [3.63, 3.8) is 0 Å². The van der Waals surface area contributed by atoms with E-state index in [9.17, 15) is 8.78 Å². The SMILES string of the molecule is CC[C@@H](N)c1cncn1-c1ccc2c(c1)OC(F)(F)O2. The third-order valence-corrected chi connectivity index (χ3v) is 3.15. The van der Waals surface area contributed by atoms with Gasteiger partial charge in [-0.1, -0.05) is 6.92 Å². The summed E-state index contributed by atoms with van der Waals surface area (Å²) in [5.74, 6) is 0.0115. The molecule has 1 aliphatic rings. The second-order valence-electron chi connectivity index (χ2n) is 4.50. The molecule has 2 heterocycles. The van der Waals surface area contributed by atoms with Gasteiger partial charge in [0.25, 0.3) is 0 Å². The lowest BCUT2D eigenvalue weighted by atomic mass is 10.1.